The van der Waals surface area contributed by atoms with Crippen LogP contribution in [0.1, 0.15) is 23.0 Å². The molecule has 2 N–H and O–H groups in total. The largest absolute Gasteiger partial charge is 0.461 e. The molecule has 0 aliphatic heterocycles. The average molecular weight is 335 g/mol. The molecule has 0 unspecified atom stereocenters. The van der Waals surface area contributed by atoms with Gasteiger partial charge in [-0.3, -0.25) is 0 Å². The average Bonchev–Trinajstić information content (AvgIpc) is 2.79. The van der Waals surface area contributed by atoms with Gasteiger partial charge in [0.1, 0.15) is 11.5 Å². The van der Waals surface area contributed by atoms with Gasteiger partial charge in [0.25, 0.3) is 0 Å². The van der Waals surface area contributed by atoms with Crippen LogP contribution < -0.4 is 5.73 Å². The minimum Gasteiger partial charge on any atom is -0.461 e. The molecule has 0 fully saturated rings. The van der Waals surface area contributed by atoms with Crippen molar-refractivity contribution in [2.24, 2.45) is 0 Å². The maximum atomic E-state index is 13.9. The Morgan fingerprint density at radius 2 is 1.83 bits per heavy atom. The van der Waals surface area contributed by atoms with Crippen LogP contribution in [0.3, 0.4) is 0 Å². The summed E-state index contributed by atoms with van der Waals surface area (Å²) in [6.07, 6.45) is -4.91. The molecular formula is C13H10F5N3O2. The Kier molecular flexibility index (Phi) is 4.26. The summed E-state index contributed by atoms with van der Waals surface area (Å²) in [7, 11) is 0. The standard InChI is InChI=1S/C13H10F5N3O2/c1-2-23-12(22)9-5-10(19)21(20-9)11-7(14)3-6(4-8(11)15)13(16,17)18/h3-5H,2,19H2,1H3. The van der Waals surface area contributed by atoms with E-state index in [1.807, 2.05) is 0 Å². The maximum absolute atomic E-state index is 13.9. The lowest BCUT2D eigenvalue weighted by Crippen LogP contribution is -2.12. The minimum atomic E-state index is -4.91. The third kappa shape index (κ3) is 3.25. The molecule has 0 radical (unpaired) electrons. The molecule has 10 heteroatoms. The van der Waals surface area contributed by atoms with Crippen molar-refractivity contribution in [2.45, 2.75) is 13.1 Å². The number of nitrogens with two attached hydrogens (primary N) is 1. The number of anilines is 1. The molecule has 2 aromatic rings. The summed E-state index contributed by atoms with van der Waals surface area (Å²) in [4.78, 5) is 11.5. The minimum absolute atomic E-state index is 0.0363. The van der Waals surface area contributed by atoms with Gasteiger partial charge in [-0.15, -0.1) is 0 Å². The van der Waals surface area contributed by atoms with Gasteiger partial charge in [-0.05, 0) is 19.1 Å². The molecule has 5 nitrogen and oxygen atoms in total. The van der Waals surface area contributed by atoms with Crippen molar-refractivity contribution in [1.29, 1.82) is 0 Å². The van der Waals surface area contributed by atoms with Crippen LogP contribution in [0.5, 0.6) is 0 Å². The highest BCUT2D eigenvalue weighted by atomic mass is 19.4. The number of benzene rings is 1. The molecule has 1 heterocycles. The van der Waals surface area contributed by atoms with Crippen molar-refractivity contribution < 1.29 is 31.5 Å². The van der Waals surface area contributed by atoms with E-state index in [1.54, 1.807) is 0 Å². The number of alkyl halides is 3. The number of nitrogens with zero attached hydrogens (tertiary/aromatic N) is 2. The van der Waals surface area contributed by atoms with E-state index in [2.05, 4.69) is 9.84 Å². The molecule has 0 spiro atoms. The second kappa shape index (κ2) is 5.86. The number of aromatic nitrogens is 2. The topological polar surface area (TPSA) is 70.1 Å². The van der Waals surface area contributed by atoms with Gasteiger partial charge in [0, 0.05) is 6.07 Å². The lowest BCUT2D eigenvalue weighted by Gasteiger charge is -2.11. The number of hydrogen-bond acceptors (Lipinski definition) is 4. The van der Waals surface area contributed by atoms with Crippen LogP contribution in [0.4, 0.5) is 27.8 Å². The maximum Gasteiger partial charge on any atom is 0.416 e. The number of carbonyl (C=O) groups is 1. The summed E-state index contributed by atoms with van der Waals surface area (Å²) < 4.78 is 70.5. The van der Waals surface area contributed by atoms with Crippen LogP contribution in [-0.2, 0) is 10.9 Å². The van der Waals surface area contributed by atoms with E-state index in [4.69, 9.17) is 5.73 Å². The van der Waals surface area contributed by atoms with Crippen LogP contribution >= 0.6 is 0 Å². The Labute approximate surface area is 126 Å². The quantitative estimate of drug-likeness (QED) is 0.692. The summed E-state index contributed by atoms with van der Waals surface area (Å²) in [6.45, 7) is 1.57. The Morgan fingerprint density at radius 1 is 1.26 bits per heavy atom. The molecule has 23 heavy (non-hydrogen) atoms. The summed E-state index contributed by atoms with van der Waals surface area (Å²) >= 11 is 0. The first-order valence-electron chi connectivity index (χ1n) is 6.24. The van der Waals surface area contributed by atoms with E-state index in [0.717, 1.165) is 6.07 Å². The second-order valence-corrected chi connectivity index (χ2v) is 4.37. The monoisotopic (exact) mass is 335 g/mol. The van der Waals surface area contributed by atoms with E-state index in [-0.39, 0.29) is 30.3 Å². The van der Waals surface area contributed by atoms with Gasteiger partial charge in [0.05, 0.1) is 12.2 Å². The molecule has 0 amide bonds. The number of nitrogen functional groups attached to an aromatic ring is 1. The van der Waals surface area contributed by atoms with Crippen molar-refractivity contribution in [2.75, 3.05) is 12.3 Å². The Bertz CT molecular complexity index is 732. The summed E-state index contributed by atoms with van der Waals surface area (Å²) in [5.41, 5.74) is 2.76. The molecule has 0 bridgehead atoms. The highest BCUT2D eigenvalue weighted by Crippen LogP contribution is 2.33. The van der Waals surface area contributed by atoms with Gasteiger partial charge in [0.15, 0.2) is 17.3 Å². The summed E-state index contributed by atoms with van der Waals surface area (Å²) in [5, 5.41) is 3.57. The number of esters is 1. The molecule has 0 aliphatic carbocycles. The van der Waals surface area contributed by atoms with Crippen LogP contribution in [0.2, 0.25) is 0 Å². The van der Waals surface area contributed by atoms with Gasteiger partial charge in [-0.2, -0.15) is 18.3 Å². The number of ether oxygens (including phenoxy) is 1. The summed E-state index contributed by atoms with van der Waals surface area (Å²) in [5.74, 6) is -4.28. The molecule has 2 rings (SSSR count). The molecule has 1 aromatic carbocycles. The normalized spacial score (nSPS) is 11.6. The Balaban J connectivity index is 2.53. The highest BCUT2D eigenvalue weighted by molar-refractivity contribution is 5.88. The van der Waals surface area contributed by atoms with Crippen molar-refractivity contribution >= 4 is 11.8 Å². The lowest BCUT2D eigenvalue weighted by atomic mass is 10.2. The zero-order valence-corrected chi connectivity index (χ0v) is 11.6. The van der Waals surface area contributed by atoms with E-state index in [9.17, 15) is 26.7 Å². The molecule has 124 valence electrons. The van der Waals surface area contributed by atoms with Gasteiger partial charge in [-0.1, -0.05) is 0 Å². The van der Waals surface area contributed by atoms with Crippen LogP contribution in [0.25, 0.3) is 5.69 Å². The number of rotatable bonds is 3. The first kappa shape index (κ1) is 16.7. The zero-order valence-electron chi connectivity index (χ0n) is 11.6. The predicted octanol–water partition coefficient (Wildman–Crippen LogP) is 2.93. The van der Waals surface area contributed by atoms with Crippen molar-refractivity contribution in [3.63, 3.8) is 0 Å². The Morgan fingerprint density at radius 3 is 2.30 bits per heavy atom. The third-order valence-corrected chi connectivity index (χ3v) is 2.78. The fraction of sp³-hybridized carbons (Fsp3) is 0.231. The van der Waals surface area contributed by atoms with E-state index in [0.29, 0.717) is 4.68 Å². The smallest absolute Gasteiger partial charge is 0.416 e. The molecule has 0 saturated heterocycles. The van der Waals surface area contributed by atoms with E-state index in [1.165, 1.54) is 6.92 Å². The number of halogens is 5. The molecule has 0 saturated carbocycles. The number of carbonyl (C=O) groups excluding carboxylic acids is 1. The first-order chi connectivity index (χ1) is 10.6. The van der Waals surface area contributed by atoms with Crippen LogP contribution in [0, 0.1) is 11.6 Å². The molecule has 0 aliphatic rings. The fourth-order valence-corrected chi connectivity index (χ4v) is 1.81. The van der Waals surface area contributed by atoms with E-state index >= 15 is 0 Å². The lowest BCUT2D eigenvalue weighted by molar-refractivity contribution is -0.138. The number of hydrogen-bond donors (Lipinski definition) is 1. The zero-order chi connectivity index (χ0) is 17.4. The SMILES string of the molecule is CCOC(=O)c1cc(N)n(-c2c(F)cc(C(F)(F)F)cc2F)n1. The van der Waals surface area contributed by atoms with Gasteiger partial charge < -0.3 is 10.5 Å². The van der Waals surface area contributed by atoms with E-state index < -0.39 is 35.0 Å². The van der Waals surface area contributed by atoms with Gasteiger partial charge in [-0.25, -0.2) is 18.3 Å². The van der Waals surface area contributed by atoms with Gasteiger partial charge in [0.2, 0.25) is 0 Å². The van der Waals surface area contributed by atoms with Crippen LogP contribution in [-0.4, -0.2) is 22.4 Å². The fourth-order valence-electron chi connectivity index (χ4n) is 1.81. The predicted molar refractivity (Wildman–Crippen MR) is 68.9 cm³/mol. The van der Waals surface area contributed by atoms with Gasteiger partial charge >= 0.3 is 12.1 Å². The molecule has 0 atom stereocenters. The van der Waals surface area contributed by atoms with Crippen molar-refractivity contribution in [3.8, 4) is 5.69 Å². The molecular weight excluding hydrogens is 325 g/mol. The molecule has 1 aromatic heterocycles. The highest BCUT2D eigenvalue weighted by Gasteiger charge is 2.33. The van der Waals surface area contributed by atoms with Crippen molar-refractivity contribution in [1.82, 2.24) is 9.78 Å². The second-order valence-electron chi connectivity index (χ2n) is 4.37. The van der Waals surface area contributed by atoms with Crippen molar-refractivity contribution in [3.05, 3.63) is 41.1 Å². The van der Waals surface area contributed by atoms with Crippen LogP contribution in [0.15, 0.2) is 18.2 Å². The summed E-state index contributed by atoms with van der Waals surface area (Å²) in [6, 6.07) is 1.22. The Hall–Kier alpha value is -2.65. The first-order valence-corrected chi connectivity index (χ1v) is 6.24. The third-order valence-electron chi connectivity index (χ3n) is 2.78.